The van der Waals surface area contributed by atoms with E-state index in [4.69, 9.17) is 11.6 Å². The average Bonchev–Trinajstić information content (AvgIpc) is 2.80. The molecule has 1 aromatic carbocycles. The van der Waals surface area contributed by atoms with Crippen LogP contribution < -0.4 is 5.32 Å². The van der Waals surface area contributed by atoms with Crippen molar-refractivity contribution in [1.82, 2.24) is 5.32 Å². The van der Waals surface area contributed by atoms with Gasteiger partial charge >= 0.3 is 0 Å². The SMILES string of the molecule is O=C(CC1=N[C@H]2CCCC[C@H]2N1)c1cccc(Cl)c1. The van der Waals surface area contributed by atoms with Gasteiger partial charge in [0.2, 0.25) is 0 Å². The normalized spacial score (nSPS) is 25.4. The molecule has 0 aromatic heterocycles. The second-order valence-electron chi connectivity index (χ2n) is 5.29. The minimum absolute atomic E-state index is 0.0763. The second kappa shape index (κ2) is 5.33. The number of fused-ring (bicyclic) bond motifs is 1. The third-order valence-corrected chi connectivity index (χ3v) is 4.11. The predicted octanol–water partition coefficient (Wildman–Crippen LogP) is 3.23. The zero-order chi connectivity index (χ0) is 13.2. The number of hydrogen-bond acceptors (Lipinski definition) is 3. The van der Waals surface area contributed by atoms with Crippen molar-refractivity contribution in [2.45, 2.75) is 44.2 Å². The summed E-state index contributed by atoms with van der Waals surface area (Å²) in [7, 11) is 0. The number of rotatable bonds is 3. The Balaban J connectivity index is 1.67. The molecule has 4 heteroatoms. The molecule has 0 amide bonds. The van der Waals surface area contributed by atoms with Crippen LogP contribution in [0.4, 0.5) is 0 Å². The topological polar surface area (TPSA) is 41.5 Å². The van der Waals surface area contributed by atoms with Crippen molar-refractivity contribution in [2.75, 3.05) is 0 Å². The van der Waals surface area contributed by atoms with E-state index in [1.165, 1.54) is 19.3 Å². The molecule has 0 unspecified atom stereocenters. The second-order valence-corrected chi connectivity index (χ2v) is 5.73. The van der Waals surface area contributed by atoms with E-state index in [0.717, 1.165) is 12.3 Å². The third-order valence-electron chi connectivity index (χ3n) is 3.88. The minimum Gasteiger partial charge on any atom is -0.369 e. The molecule has 2 aliphatic rings. The number of halogens is 1. The molecule has 1 N–H and O–H groups in total. The number of carbonyl (C=O) groups is 1. The monoisotopic (exact) mass is 276 g/mol. The van der Waals surface area contributed by atoms with Crippen molar-refractivity contribution in [2.24, 2.45) is 4.99 Å². The molecule has 1 heterocycles. The number of carbonyl (C=O) groups excluding carboxylic acids is 1. The molecule has 0 spiro atoms. The van der Waals surface area contributed by atoms with Gasteiger partial charge in [-0.3, -0.25) is 9.79 Å². The van der Waals surface area contributed by atoms with Crippen LogP contribution in [0.25, 0.3) is 0 Å². The Morgan fingerprint density at radius 1 is 1.37 bits per heavy atom. The fourth-order valence-corrected chi connectivity index (χ4v) is 3.09. The van der Waals surface area contributed by atoms with Crippen LogP contribution in [0.2, 0.25) is 5.02 Å². The maximum atomic E-state index is 12.2. The number of Topliss-reactive ketones (excluding diaryl/α,β-unsaturated/α-hetero) is 1. The Morgan fingerprint density at radius 2 is 2.21 bits per heavy atom. The van der Waals surface area contributed by atoms with Gasteiger partial charge in [-0.2, -0.15) is 0 Å². The molecule has 2 atom stereocenters. The first-order valence-corrected chi connectivity index (χ1v) is 7.22. The molecule has 0 radical (unpaired) electrons. The molecule has 1 aliphatic heterocycles. The molecule has 19 heavy (non-hydrogen) atoms. The van der Waals surface area contributed by atoms with Crippen LogP contribution in [-0.4, -0.2) is 23.7 Å². The molecule has 1 aromatic rings. The number of nitrogens with zero attached hydrogens (tertiary/aromatic N) is 1. The van der Waals surface area contributed by atoms with Gasteiger partial charge in [-0.25, -0.2) is 0 Å². The lowest BCUT2D eigenvalue weighted by Gasteiger charge is -2.23. The standard InChI is InChI=1S/C15H17ClN2O/c16-11-5-3-4-10(8-11)14(19)9-15-17-12-6-1-2-7-13(12)18-15/h3-5,8,12-13H,1-2,6-7,9H2,(H,17,18)/t12-,13+. The van der Waals surface area contributed by atoms with Crippen molar-refractivity contribution in [3.8, 4) is 0 Å². The maximum Gasteiger partial charge on any atom is 0.170 e. The van der Waals surface area contributed by atoms with E-state index < -0.39 is 0 Å². The van der Waals surface area contributed by atoms with E-state index in [1.54, 1.807) is 24.3 Å². The first-order chi connectivity index (χ1) is 9.22. The van der Waals surface area contributed by atoms with E-state index in [2.05, 4.69) is 10.3 Å². The number of hydrogen-bond donors (Lipinski definition) is 1. The van der Waals surface area contributed by atoms with Crippen molar-refractivity contribution in [3.05, 3.63) is 34.9 Å². The highest BCUT2D eigenvalue weighted by molar-refractivity contribution is 6.31. The van der Waals surface area contributed by atoms with E-state index in [0.29, 0.717) is 29.1 Å². The van der Waals surface area contributed by atoms with Crippen LogP contribution in [0.1, 0.15) is 42.5 Å². The summed E-state index contributed by atoms with van der Waals surface area (Å²) >= 11 is 5.91. The average molecular weight is 277 g/mol. The lowest BCUT2D eigenvalue weighted by molar-refractivity contribution is 0.1000. The van der Waals surface area contributed by atoms with E-state index in [1.807, 2.05) is 0 Å². The highest BCUT2D eigenvalue weighted by Crippen LogP contribution is 2.25. The van der Waals surface area contributed by atoms with Crippen LogP contribution in [0, 0.1) is 0 Å². The summed E-state index contributed by atoms with van der Waals surface area (Å²) in [6.45, 7) is 0. The summed E-state index contributed by atoms with van der Waals surface area (Å²) in [4.78, 5) is 16.8. The number of ketones is 1. The Kier molecular flexibility index (Phi) is 3.56. The van der Waals surface area contributed by atoms with Gasteiger partial charge in [-0.1, -0.05) is 36.6 Å². The largest absolute Gasteiger partial charge is 0.369 e. The van der Waals surface area contributed by atoms with Gasteiger partial charge < -0.3 is 5.32 Å². The van der Waals surface area contributed by atoms with Crippen LogP contribution in [0.3, 0.4) is 0 Å². The number of benzene rings is 1. The molecular formula is C15H17ClN2O. The van der Waals surface area contributed by atoms with Gasteiger partial charge in [-0.15, -0.1) is 0 Å². The molecule has 0 bridgehead atoms. The summed E-state index contributed by atoms with van der Waals surface area (Å²) in [5.41, 5.74) is 0.659. The highest BCUT2D eigenvalue weighted by Gasteiger charge is 2.31. The van der Waals surface area contributed by atoms with E-state index in [-0.39, 0.29) is 5.78 Å². The molecule has 3 rings (SSSR count). The first-order valence-electron chi connectivity index (χ1n) is 6.84. The van der Waals surface area contributed by atoms with Gasteiger partial charge in [0.1, 0.15) is 5.84 Å². The Morgan fingerprint density at radius 3 is 3.00 bits per heavy atom. The Hall–Kier alpha value is -1.35. The number of nitrogens with one attached hydrogen (secondary N) is 1. The fraction of sp³-hybridized carbons (Fsp3) is 0.467. The lowest BCUT2D eigenvalue weighted by Crippen LogP contribution is -2.37. The molecule has 0 saturated heterocycles. The lowest BCUT2D eigenvalue weighted by atomic mass is 9.92. The summed E-state index contributed by atoms with van der Waals surface area (Å²) in [5.74, 6) is 0.925. The molecule has 100 valence electrons. The number of aliphatic imine (C=N–C) groups is 1. The molecule has 1 saturated carbocycles. The Bertz CT molecular complexity index is 527. The summed E-state index contributed by atoms with van der Waals surface area (Å²) in [6.07, 6.45) is 5.18. The van der Waals surface area contributed by atoms with Crippen LogP contribution >= 0.6 is 11.6 Å². The summed E-state index contributed by atoms with van der Waals surface area (Å²) in [6, 6.07) is 7.94. The smallest absolute Gasteiger partial charge is 0.170 e. The quantitative estimate of drug-likeness (QED) is 0.861. The fourth-order valence-electron chi connectivity index (χ4n) is 2.90. The minimum atomic E-state index is 0.0763. The molecule has 1 fully saturated rings. The van der Waals surface area contributed by atoms with Crippen molar-refractivity contribution < 1.29 is 4.79 Å². The van der Waals surface area contributed by atoms with Gasteiger partial charge in [0, 0.05) is 16.6 Å². The van der Waals surface area contributed by atoms with Gasteiger partial charge in [0.05, 0.1) is 12.5 Å². The van der Waals surface area contributed by atoms with Crippen molar-refractivity contribution >= 4 is 23.2 Å². The van der Waals surface area contributed by atoms with Crippen molar-refractivity contribution in [3.63, 3.8) is 0 Å². The van der Waals surface area contributed by atoms with Crippen LogP contribution in [0.5, 0.6) is 0 Å². The van der Waals surface area contributed by atoms with E-state index in [9.17, 15) is 4.79 Å². The number of amidine groups is 1. The van der Waals surface area contributed by atoms with Crippen LogP contribution in [0.15, 0.2) is 29.3 Å². The zero-order valence-electron chi connectivity index (χ0n) is 10.7. The zero-order valence-corrected chi connectivity index (χ0v) is 11.5. The van der Waals surface area contributed by atoms with Crippen molar-refractivity contribution in [1.29, 1.82) is 0 Å². The van der Waals surface area contributed by atoms with Crippen LogP contribution in [-0.2, 0) is 0 Å². The van der Waals surface area contributed by atoms with Gasteiger partial charge in [-0.05, 0) is 25.0 Å². The maximum absolute atomic E-state index is 12.2. The van der Waals surface area contributed by atoms with E-state index >= 15 is 0 Å². The third kappa shape index (κ3) is 2.81. The predicted molar refractivity (Wildman–Crippen MR) is 77.0 cm³/mol. The first kappa shape index (κ1) is 12.7. The van der Waals surface area contributed by atoms with Gasteiger partial charge in [0.25, 0.3) is 0 Å². The molecule has 3 nitrogen and oxygen atoms in total. The Labute approximate surface area is 118 Å². The summed E-state index contributed by atoms with van der Waals surface area (Å²) < 4.78 is 0. The van der Waals surface area contributed by atoms with Gasteiger partial charge in [0.15, 0.2) is 5.78 Å². The summed E-state index contributed by atoms with van der Waals surface area (Å²) in [5, 5.41) is 4.00. The molecule has 1 aliphatic carbocycles. The molecular weight excluding hydrogens is 260 g/mol. The highest BCUT2D eigenvalue weighted by atomic mass is 35.5.